The van der Waals surface area contributed by atoms with Gasteiger partial charge in [0.1, 0.15) is 22.6 Å². The minimum atomic E-state index is -0.359. The fourth-order valence-electron chi connectivity index (χ4n) is 2.71. The molecule has 0 aliphatic rings. The number of halogens is 2. The molecule has 0 atom stereocenters. The summed E-state index contributed by atoms with van der Waals surface area (Å²) in [5.74, 6) is -0.359. The summed E-state index contributed by atoms with van der Waals surface area (Å²) in [7, 11) is 0. The Morgan fingerprint density at radius 2 is 1.96 bits per heavy atom. The molecule has 0 saturated heterocycles. The van der Waals surface area contributed by atoms with Crippen molar-refractivity contribution < 1.29 is 4.39 Å². The second-order valence-electron chi connectivity index (χ2n) is 5.87. The number of rotatable bonds is 3. The number of aryl methyl sites for hydroxylation is 1. The van der Waals surface area contributed by atoms with Gasteiger partial charge in [-0.25, -0.2) is 14.1 Å². The highest BCUT2D eigenvalue weighted by Gasteiger charge is 2.19. The molecule has 132 valence electrons. The van der Waals surface area contributed by atoms with Crippen LogP contribution in [-0.4, -0.2) is 14.8 Å². The summed E-state index contributed by atoms with van der Waals surface area (Å²) in [6, 6.07) is 15.7. The van der Waals surface area contributed by atoms with Crippen molar-refractivity contribution in [2.24, 2.45) is 0 Å². The SMILES string of the molecule is Cc1nc(-c2ccc(Cl)cc2)sc1-c1nn(-c2cccc(F)c2)cc1C#N. The van der Waals surface area contributed by atoms with Gasteiger partial charge in [-0.2, -0.15) is 10.4 Å². The highest BCUT2D eigenvalue weighted by molar-refractivity contribution is 7.18. The Balaban J connectivity index is 1.80. The first-order valence-corrected chi connectivity index (χ1v) is 9.24. The quantitative estimate of drug-likeness (QED) is 0.452. The van der Waals surface area contributed by atoms with Crippen LogP contribution in [0.25, 0.3) is 26.8 Å². The number of aromatic nitrogens is 3. The Morgan fingerprint density at radius 1 is 1.19 bits per heavy atom. The maximum atomic E-state index is 13.5. The van der Waals surface area contributed by atoms with E-state index in [1.807, 2.05) is 31.2 Å². The molecule has 7 heteroatoms. The first kappa shape index (κ1) is 17.4. The van der Waals surface area contributed by atoms with E-state index in [1.165, 1.54) is 28.2 Å². The van der Waals surface area contributed by atoms with Crippen molar-refractivity contribution in [2.45, 2.75) is 6.92 Å². The van der Waals surface area contributed by atoms with Crippen LogP contribution in [0.2, 0.25) is 5.02 Å². The van der Waals surface area contributed by atoms with Crippen LogP contribution >= 0.6 is 22.9 Å². The molecule has 0 unspecified atom stereocenters. The highest BCUT2D eigenvalue weighted by Crippen LogP contribution is 2.36. The van der Waals surface area contributed by atoms with Gasteiger partial charge in [0, 0.05) is 16.8 Å². The molecule has 0 spiro atoms. The summed E-state index contributed by atoms with van der Waals surface area (Å²) < 4.78 is 15.0. The van der Waals surface area contributed by atoms with Crippen LogP contribution in [0.15, 0.2) is 54.7 Å². The molecule has 4 nitrogen and oxygen atoms in total. The zero-order valence-electron chi connectivity index (χ0n) is 14.1. The fraction of sp³-hybridized carbons (Fsp3) is 0.0500. The average Bonchev–Trinajstić information content (AvgIpc) is 3.25. The van der Waals surface area contributed by atoms with Gasteiger partial charge in [0.25, 0.3) is 0 Å². The largest absolute Gasteiger partial charge is 0.241 e. The number of thiazole rings is 1. The second kappa shape index (κ2) is 6.95. The third-order valence-electron chi connectivity index (χ3n) is 4.01. The lowest BCUT2D eigenvalue weighted by atomic mass is 10.2. The van der Waals surface area contributed by atoms with Gasteiger partial charge >= 0.3 is 0 Å². The lowest BCUT2D eigenvalue weighted by Crippen LogP contribution is -1.95. The topological polar surface area (TPSA) is 54.5 Å². The van der Waals surface area contributed by atoms with Crippen LogP contribution in [0.3, 0.4) is 0 Å². The monoisotopic (exact) mass is 394 g/mol. The third kappa shape index (κ3) is 3.35. The molecule has 2 aromatic heterocycles. The molecule has 2 heterocycles. The van der Waals surface area contributed by atoms with E-state index in [4.69, 9.17) is 11.6 Å². The Labute approximate surface area is 164 Å². The zero-order chi connectivity index (χ0) is 19.0. The summed E-state index contributed by atoms with van der Waals surface area (Å²) >= 11 is 7.41. The van der Waals surface area contributed by atoms with E-state index >= 15 is 0 Å². The molecule has 4 rings (SSSR count). The first-order valence-electron chi connectivity index (χ1n) is 8.04. The lowest BCUT2D eigenvalue weighted by molar-refractivity contribution is 0.625. The Kier molecular flexibility index (Phi) is 4.48. The molecular weight excluding hydrogens is 383 g/mol. The number of benzene rings is 2. The third-order valence-corrected chi connectivity index (χ3v) is 5.48. The number of nitrogens with zero attached hydrogens (tertiary/aromatic N) is 4. The number of hydrogen-bond acceptors (Lipinski definition) is 4. The van der Waals surface area contributed by atoms with Crippen molar-refractivity contribution in [3.8, 4) is 32.9 Å². The van der Waals surface area contributed by atoms with E-state index in [0.717, 1.165) is 21.1 Å². The summed E-state index contributed by atoms with van der Waals surface area (Å²) in [4.78, 5) is 5.43. The molecule has 0 amide bonds. The molecule has 0 N–H and O–H groups in total. The maximum absolute atomic E-state index is 13.5. The minimum absolute atomic E-state index is 0.359. The van der Waals surface area contributed by atoms with Gasteiger partial charge in [0.2, 0.25) is 0 Å². The Morgan fingerprint density at radius 3 is 2.67 bits per heavy atom. The van der Waals surface area contributed by atoms with Crippen molar-refractivity contribution >= 4 is 22.9 Å². The van der Waals surface area contributed by atoms with Crippen LogP contribution in [0.5, 0.6) is 0 Å². The van der Waals surface area contributed by atoms with E-state index in [0.29, 0.717) is 22.0 Å². The summed E-state index contributed by atoms with van der Waals surface area (Å²) in [5, 5.41) is 15.5. The molecule has 0 bridgehead atoms. The van der Waals surface area contributed by atoms with Gasteiger partial charge in [-0.3, -0.25) is 0 Å². The van der Waals surface area contributed by atoms with Gasteiger partial charge in [0.05, 0.1) is 21.8 Å². The molecule has 0 aliphatic carbocycles. The van der Waals surface area contributed by atoms with Crippen LogP contribution < -0.4 is 0 Å². The molecule has 27 heavy (non-hydrogen) atoms. The standard InChI is InChI=1S/C20H12ClFN4S/c1-12-19(27-20(24-12)13-5-7-15(21)8-6-13)18-14(10-23)11-26(25-18)17-4-2-3-16(22)9-17/h2-9,11H,1H3. The summed E-state index contributed by atoms with van der Waals surface area (Å²) in [6.07, 6.45) is 1.60. The van der Waals surface area contributed by atoms with Crippen LogP contribution in [0.1, 0.15) is 11.3 Å². The smallest absolute Gasteiger partial charge is 0.125 e. The molecule has 4 aromatic rings. The first-order chi connectivity index (χ1) is 13.0. The molecule has 0 saturated carbocycles. The molecule has 0 aliphatic heterocycles. The van der Waals surface area contributed by atoms with E-state index in [-0.39, 0.29) is 5.82 Å². The van der Waals surface area contributed by atoms with Gasteiger partial charge in [0.15, 0.2) is 0 Å². The molecular formula is C20H12ClFN4S. The maximum Gasteiger partial charge on any atom is 0.125 e. The molecule has 0 fully saturated rings. The van der Waals surface area contributed by atoms with Crippen molar-refractivity contribution in [1.82, 2.24) is 14.8 Å². The minimum Gasteiger partial charge on any atom is -0.241 e. The van der Waals surface area contributed by atoms with E-state index in [9.17, 15) is 9.65 Å². The van der Waals surface area contributed by atoms with Gasteiger partial charge < -0.3 is 0 Å². The van der Waals surface area contributed by atoms with Gasteiger partial charge in [-0.05, 0) is 37.3 Å². The summed E-state index contributed by atoms with van der Waals surface area (Å²) in [5.41, 5.74) is 3.23. The van der Waals surface area contributed by atoms with E-state index in [1.54, 1.807) is 18.3 Å². The van der Waals surface area contributed by atoms with Crippen LogP contribution in [0.4, 0.5) is 4.39 Å². The number of hydrogen-bond donors (Lipinski definition) is 0. The van der Waals surface area contributed by atoms with Crippen molar-refractivity contribution in [1.29, 1.82) is 5.26 Å². The second-order valence-corrected chi connectivity index (χ2v) is 7.30. The van der Waals surface area contributed by atoms with Crippen molar-refractivity contribution in [3.05, 3.63) is 76.8 Å². The van der Waals surface area contributed by atoms with Gasteiger partial charge in [-0.1, -0.05) is 29.8 Å². The zero-order valence-corrected chi connectivity index (χ0v) is 15.7. The molecule has 0 radical (unpaired) electrons. The normalized spacial score (nSPS) is 10.7. The van der Waals surface area contributed by atoms with Crippen molar-refractivity contribution in [2.75, 3.05) is 0 Å². The predicted octanol–water partition coefficient (Wildman–Crippen LogP) is 5.64. The Bertz CT molecular complexity index is 1170. The highest BCUT2D eigenvalue weighted by atomic mass is 35.5. The fourth-order valence-corrected chi connectivity index (χ4v) is 3.90. The predicted molar refractivity (Wildman–Crippen MR) is 105 cm³/mol. The Hall–Kier alpha value is -3.01. The van der Waals surface area contributed by atoms with Crippen LogP contribution in [-0.2, 0) is 0 Å². The summed E-state index contributed by atoms with van der Waals surface area (Å²) in [6.45, 7) is 1.88. The van der Waals surface area contributed by atoms with Gasteiger partial charge in [-0.15, -0.1) is 11.3 Å². The molecule has 2 aromatic carbocycles. The van der Waals surface area contributed by atoms with Crippen molar-refractivity contribution in [3.63, 3.8) is 0 Å². The van der Waals surface area contributed by atoms with E-state index < -0.39 is 0 Å². The average molecular weight is 395 g/mol. The van der Waals surface area contributed by atoms with Crippen LogP contribution in [0, 0.1) is 24.1 Å². The lowest BCUT2D eigenvalue weighted by Gasteiger charge is -2.00. The number of nitriles is 1. The van der Waals surface area contributed by atoms with E-state index in [2.05, 4.69) is 16.2 Å².